The molecule has 0 spiro atoms. The van der Waals surface area contributed by atoms with Gasteiger partial charge in [-0.25, -0.2) is 8.42 Å². The van der Waals surface area contributed by atoms with Crippen LogP contribution in [-0.2, 0) is 14.8 Å². The fourth-order valence-corrected chi connectivity index (χ4v) is 1.79. The van der Waals surface area contributed by atoms with Crippen molar-refractivity contribution in [2.75, 3.05) is 33.1 Å². The Morgan fingerprint density at radius 1 is 1.50 bits per heavy atom. The van der Waals surface area contributed by atoms with Gasteiger partial charge in [0.2, 0.25) is 10.0 Å². The van der Waals surface area contributed by atoms with E-state index in [0.717, 1.165) is 6.26 Å². The second kappa shape index (κ2) is 6.28. The summed E-state index contributed by atoms with van der Waals surface area (Å²) in [6.45, 7) is 1.01. The van der Waals surface area contributed by atoms with Crippen molar-refractivity contribution in [2.24, 2.45) is 5.73 Å². The summed E-state index contributed by atoms with van der Waals surface area (Å²) in [7, 11) is -1.67. The average Bonchev–Trinajstić information content (AvgIpc) is 2.01. The normalized spacial score (nSPS) is 11.9. The molecule has 14 heavy (non-hydrogen) atoms. The highest BCUT2D eigenvalue weighted by Crippen LogP contribution is 1.99. The van der Waals surface area contributed by atoms with Gasteiger partial charge < -0.3 is 10.5 Å². The Hall–Kier alpha value is -0.240. The minimum Gasteiger partial charge on any atom is -0.393 e. The summed E-state index contributed by atoms with van der Waals surface area (Å²) in [6.07, 6.45) is 1.55. The summed E-state index contributed by atoms with van der Waals surface area (Å²) >= 11 is 4.67. The van der Waals surface area contributed by atoms with Gasteiger partial charge >= 0.3 is 0 Å². The van der Waals surface area contributed by atoms with Crippen LogP contribution in [0.3, 0.4) is 0 Å². The lowest BCUT2D eigenvalue weighted by Gasteiger charge is -2.18. The van der Waals surface area contributed by atoms with Gasteiger partial charge in [-0.2, -0.15) is 4.31 Å². The van der Waals surface area contributed by atoms with Crippen molar-refractivity contribution >= 4 is 27.2 Å². The van der Waals surface area contributed by atoms with E-state index in [2.05, 4.69) is 12.2 Å². The number of rotatable bonds is 7. The Bertz CT molecular complexity index is 277. The van der Waals surface area contributed by atoms with Crippen LogP contribution >= 0.6 is 12.2 Å². The van der Waals surface area contributed by atoms with Crippen molar-refractivity contribution in [2.45, 2.75) is 6.42 Å². The highest BCUT2D eigenvalue weighted by Gasteiger charge is 2.15. The monoisotopic (exact) mass is 240 g/mol. The molecule has 7 heteroatoms. The average molecular weight is 240 g/mol. The Labute approximate surface area is 90.3 Å². The molecule has 84 valence electrons. The van der Waals surface area contributed by atoms with Crippen molar-refractivity contribution in [3.05, 3.63) is 0 Å². The molecule has 0 aromatic carbocycles. The van der Waals surface area contributed by atoms with Gasteiger partial charge in [0.05, 0.1) is 17.9 Å². The van der Waals surface area contributed by atoms with E-state index in [1.807, 2.05) is 0 Å². The summed E-state index contributed by atoms with van der Waals surface area (Å²) < 4.78 is 28.6. The minimum absolute atomic E-state index is 0.316. The highest BCUT2D eigenvalue weighted by atomic mass is 32.2. The van der Waals surface area contributed by atoms with Crippen LogP contribution in [0.2, 0.25) is 0 Å². The minimum atomic E-state index is -3.19. The molecule has 0 fully saturated rings. The molecule has 0 saturated heterocycles. The van der Waals surface area contributed by atoms with Crippen molar-refractivity contribution in [1.29, 1.82) is 0 Å². The number of nitrogens with two attached hydrogens (primary N) is 1. The first-order valence-electron chi connectivity index (χ1n) is 4.10. The fraction of sp³-hybridized carbons (Fsp3) is 0.857. The number of sulfonamides is 1. The molecule has 0 radical (unpaired) electrons. The number of hydrogen-bond donors (Lipinski definition) is 1. The van der Waals surface area contributed by atoms with E-state index >= 15 is 0 Å². The van der Waals surface area contributed by atoms with Gasteiger partial charge in [-0.3, -0.25) is 0 Å². The van der Waals surface area contributed by atoms with Crippen molar-refractivity contribution < 1.29 is 13.2 Å². The van der Waals surface area contributed by atoms with Gasteiger partial charge in [0.15, 0.2) is 0 Å². The second-order valence-electron chi connectivity index (χ2n) is 2.87. The van der Waals surface area contributed by atoms with E-state index in [9.17, 15) is 8.42 Å². The Morgan fingerprint density at radius 2 is 2.07 bits per heavy atom. The van der Waals surface area contributed by atoms with Crippen LogP contribution in [0.15, 0.2) is 0 Å². The third kappa shape index (κ3) is 6.25. The van der Waals surface area contributed by atoms with Gasteiger partial charge in [0.25, 0.3) is 0 Å². The number of thiocarbonyl (C=S) groups is 1. The van der Waals surface area contributed by atoms with E-state index in [0.29, 0.717) is 31.1 Å². The number of nitrogens with zero attached hydrogens (tertiary/aromatic N) is 1. The molecule has 0 atom stereocenters. The second-order valence-corrected chi connectivity index (χ2v) is 5.38. The van der Waals surface area contributed by atoms with Crippen molar-refractivity contribution in [3.63, 3.8) is 0 Å². The standard InChI is InChI=1S/C7H16N2O3S2/c1-12-6-5-9(14(2,10)11)4-3-7(8)13/h3-6H2,1-2H3,(H2,8,13). The predicted molar refractivity (Wildman–Crippen MR) is 59.7 cm³/mol. The maximum Gasteiger partial charge on any atom is 0.211 e. The van der Waals surface area contributed by atoms with Crippen LogP contribution in [0.4, 0.5) is 0 Å². The van der Waals surface area contributed by atoms with Gasteiger partial charge in [0, 0.05) is 26.6 Å². The van der Waals surface area contributed by atoms with Gasteiger partial charge in [-0.1, -0.05) is 12.2 Å². The van der Waals surface area contributed by atoms with Crippen LogP contribution in [0.1, 0.15) is 6.42 Å². The lowest BCUT2D eigenvalue weighted by Crippen LogP contribution is -2.35. The van der Waals surface area contributed by atoms with E-state index in [1.54, 1.807) is 0 Å². The molecule has 0 bridgehead atoms. The van der Waals surface area contributed by atoms with Gasteiger partial charge in [-0.05, 0) is 0 Å². The third-order valence-corrected chi connectivity index (χ3v) is 3.13. The van der Waals surface area contributed by atoms with Crippen LogP contribution in [0, 0.1) is 0 Å². The first kappa shape index (κ1) is 13.8. The fourth-order valence-electron chi connectivity index (χ4n) is 0.871. The molecule has 0 aliphatic heterocycles. The maximum absolute atomic E-state index is 11.2. The molecule has 0 aliphatic rings. The SMILES string of the molecule is COCCN(CCC(N)=S)S(C)(=O)=O. The largest absolute Gasteiger partial charge is 0.393 e. The summed E-state index contributed by atoms with van der Waals surface area (Å²) in [5.74, 6) is 0. The first-order chi connectivity index (χ1) is 6.38. The predicted octanol–water partition coefficient (Wildman–Crippen LogP) is -0.429. The van der Waals surface area contributed by atoms with E-state index < -0.39 is 10.0 Å². The molecular formula is C7H16N2O3S2. The van der Waals surface area contributed by atoms with Crippen LogP contribution in [0.25, 0.3) is 0 Å². The van der Waals surface area contributed by atoms with Crippen LogP contribution in [0.5, 0.6) is 0 Å². The number of hydrogen-bond acceptors (Lipinski definition) is 4. The van der Waals surface area contributed by atoms with Crippen LogP contribution in [-0.4, -0.2) is 50.8 Å². The van der Waals surface area contributed by atoms with E-state index in [1.165, 1.54) is 11.4 Å². The summed E-state index contributed by atoms with van der Waals surface area (Å²) in [6, 6.07) is 0. The zero-order valence-electron chi connectivity index (χ0n) is 8.39. The Balaban J connectivity index is 4.19. The molecule has 0 saturated carbocycles. The highest BCUT2D eigenvalue weighted by molar-refractivity contribution is 7.88. The Kier molecular flexibility index (Phi) is 6.17. The lowest BCUT2D eigenvalue weighted by atomic mass is 10.4. The molecule has 0 heterocycles. The van der Waals surface area contributed by atoms with E-state index in [-0.39, 0.29) is 0 Å². The van der Waals surface area contributed by atoms with Crippen molar-refractivity contribution in [1.82, 2.24) is 4.31 Å². The van der Waals surface area contributed by atoms with Gasteiger partial charge in [0.1, 0.15) is 0 Å². The molecule has 0 unspecified atom stereocenters. The molecule has 0 aromatic heterocycles. The van der Waals surface area contributed by atoms with Crippen LogP contribution < -0.4 is 5.73 Å². The number of methoxy groups -OCH3 is 1. The maximum atomic E-state index is 11.2. The topological polar surface area (TPSA) is 72.6 Å². The zero-order valence-corrected chi connectivity index (χ0v) is 10.0. The Morgan fingerprint density at radius 3 is 2.43 bits per heavy atom. The molecule has 0 aliphatic carbocycles. The smallest absolute Gasteiger partial charge is 0.211 e. The summed E-state index contributed by atoms with van der Waals surface area (Å²) in [5.41, 5.74) is 5.29. The van der Waals surface area contributed by atoms with Gasteiger partial charge in [-0.15, -0.1) is 0 Å². The molecule has 0 rings (SSSR count). The first-order valence-corrected chi connectivity index (χ1v) is 6.36. The van der Waals surface area contributed by atoms with E-state index in [4.69, 9.17) is 10.5 Å². The molecule has 0 amide bonds. The molecular weight excluding hydrogens is 224 g/mol. The third-order valence-electron chi connectivity index (χ3n) is 1.62. The molecule has 0 aromatic rings. The molecule has 2 N–H and O–H groups in total. The summed E-state index contributed by atoms with van der Waals surface area (Å²) in [4.78, 5) is 0.316. The lowest BCUT2D eigenvalue weighted by molar-refractivity contribution is 0.180. The number of ether oxygens (including phenoxy) is 1. The zero-order chi connectivity index (χ0) is 11.2. The quantitative estimate of drug-likeness (QED) is 0.611. The summed E-state index contributed by atoms with van der Waals surface area (Å²) in [5, 5.41) is 0. The van der Waals surface area contributed by atoms with Crippen molar-refractivity contribution in [3.8, 4) is 0 Å². The molecule has 5 nitrogen and oxygen atoms in total.